The number of fused-ring (bicyclic) bond motifs is 2. The van der Waals surface area contributed by atoms with Gasteiger partial charge in [0.15, 0.2) is 0 Å². The van der Waals surface area contributed by atoms with Gasteiger partial charge in [0.2, 0.25) is 0 Å². The summed E-state index contributed by atoms with van der Waals surface area (Å²) in [7, 11) is 0. The number of rotatable bonds is 2. The first kappa shape index (κ1) is 16.1. The summed E-state index contributed by atoms with van der Waals surface area (Å²) in [5.41, 5.74) is -0.418. The maximum Gasteiger partial charge on any atom is 0.410 e. The molecule has 1 N–H and O–H groups in total. The maximum absolute atomic E-state index is 12.4. The monoisotopic (exact) mass is 310 g/mol. The Balaban J connectivity index is 1.55. The second-order valence-corrected chi connectivity index (χ2v) is 7.95. The highest BCUT2D eigenvalue weighted by Crippen LogP contribution is 2.38. The second-order valence-electron chi connectivity index (χ2n) is 7.95. The Bertz CT molecular complexity index is 387. The van der Waals surface area contributed by atoms with Crippen LogP contribution in [0.3, 0.4) is 0 Å². The van der Waals surface area contributed by atoms with Crippen LogP contribution in [0.5, 0.6) is 0 Å². The van der Waals surface area contributed by atoms with E-state index in [2.05, 4.69) is 5.32 Å². The summed E-state index contributed by atoms with van der Waals surface area (Å²) in [4.78, 5) is 14.4. The fourth-order valence-electron chi connectivity index (χ4n) is 4.05. The largest absolute Gasteiger partial charge is 0.444 e. The molecule has 2 atom stereocenters. The zero-order chi connectivity index (χ0) is 15.7. The Hall–Kier alpha value is -0.810. The Morgan fingerprint density at radius 2 is 1.59 bits per heavy atom. The van der Waals surface area contributed by atoms with E-state index >= 15 is 0 Å². The van der Waals surface area contributed by atoms with Crippen molar-refractivity contribution in [1.82, 2.24) is 10.2 Å². The van der Waals surface area contributed by atoms with Crippen LogP contribution in [0.25, 0.3) is 0 Å². The first-order valence-electron chi connectivity index (χ1n) is 8.80. The number of piperidine rings is 2. The molecule has 3 fully saturated rings. The van der Waals surface area contributed by atoms with Gasteiger partial charge in [-0.1, -0.05) is 0 Å². The highest BCUT2D eigenvalue weighted by Gasteiger charge is 2.45. The Morgan fingerprint density at radius 1 is 1.00 bits per heavy atom. The van der Waals surface area contributed by atoms with Crippen molar-refractivity contribution in [3.63, 3.8) is 0 Å². The molecule has 5 nitrogen and oxygen atoms in total. The zero-order valence-electron chi connectivity index (χ0n) is 14.1. The topological polar surface area (TPSA) is 50.8 Å². The van der Waals surface area contributed by atoms with E-state index < -0.39 is 5.60 Å². The van der Waals surface area contributed by atoms with Crippen molar-refractivity contribution in [1.29, 1.82) is 0 Å². The summed E-state index contributed by atoms with van der Waals surface area (Å²) in [6.07, 6.45) is 6.94. The quantitative estimate of drug-likeness (QED) is 0.852. The summed E-state index contributed by atoms with van der Waals surface area (Å²) >= 11 is 0. The first-order valence-corrected chi connectivity index (χ1v) is 8.80. The third-order valence-corrected chi connectivity index (χ3v) is 4.97. The number of carbonyl (C=O) groups is 1. The van der Waals surface area contributed by atoms with Gasteiger partial charge in [-0.3, -0.25) is 0 Å². The van der Waals surface area contributed by atoms with E-state index in [1.807, 2.05) is 25.7 Å². The van der Waals surface area contributed by atoms with E-state index in [1.165, 1.54) is 0 Å². The third-order valence-electron chi connectivity index (χ3n) is 4.97. The SMILES string of the molecule is CC(C)(C)OC(=O)N1C2CCC1CC(OC1CCNCC1)C2. The molecule has 5 heteroatoms. The lowest BCUT2D eigenvalue weighted by atomic mass is 9.99. The smallest absolute Gasteiger partial charge is 0.410 e. The molecule has 22 heavy (non-hydrogen) atoms. The number of hydrogen-bond donors (Lipinski definition) is 1. The number of nitrogens with zero attached hydrogens (tertiary/aromatic N) is 1. The van der Waals surface area contributed by atoms with E-state index in [4.69, 9.17) is 9.47 Å². The predicted molar refractivity (Wildman–Crippen MR) is 84.9 cm³/mol. The van der Waals surface area contributed by atoms with Crippen LogP contribution >= 0.6 is 0 Å². The molecule has 3 saturated heterocycles. The van der Waals surface area contributed by atoms with Crippen LogP contribution in [0.2, 0.25) is 0 Å². The Morgan fingerprint density at radius 3 is 2.14 bits per heavy atom. The summed E-state index contributed by atoms with van der Waals surface area (Å²) in [6.45, 7) is 7.92. The molecule has 2 bridgehead atoms. The first-order chi connectivity index (χ1) is 10.4. The molecule has 3 aliphatic heterocycles. The van der Waals surface area contributed by atoms with Crippen molar-refractivity contribution in [2.45, 2.75) is 89.2 Å². The van der Waals surface area contributed by atoms with E-state index in [0.29, 0.717) is 24.3 Å². The minimum Gasteiger partial charge on any atom is -0.444 e. The van der Waals surface area contributed by atoms with E-state index in [1.54, 1.807) is 0 Å². The highest BCUT2D eigenvalue weighted by molar-refractivity contribution is 5.69. The lowest BCUT2D eigenvalue weighted by molar-refractivity contribution is -0.0716. The molecule has 2 unspecified atom stereocenters. The van der Waals surface area contributed by atoms with Gasteiger partial charge < -0.3 is 19.7 Å². The molecule has 3 rings (SSSR count). The molecule has 0 aromatic rings. The van der Waals surface area contributed by atoms with Crippen LogP contribution in [-0.4, -0.2) is 54.0 Å². The van der Waals surface area contributed by atoms with Gasteiger partial charge in [0.05, 0.1) is 12.2 Å². The van der Waals surface area contributed by atoms with Crippen molar-refractivity contribution in [3.8, 4) is 0 Å². The van der Waals surface area contributed by atoms with Crippen molar-refractivity contribution in [2.24, 2.45) is 0 Å². The van der Waals surface area contributed by atoms with Crippen LogP contribution in [0.15, 0.2) is 0 Å². The fourth-order valence-corrected chi connectivity index (χ4v) is 4.05. The van der Waals surface area contributed by atoms with E-state index in [9.17, 15) is 4.79 Å². The molecular weight excluding hydrogens is 280 g/mol. The van der Waals surface area contributed by atoms with Gasteiger partial charge in [-0.2, -0.15) is 0 Å². The van der Waals surface area contributed by atoms with E-state index in [0.717, 1.165) is 51.6 Å². The third kappa shape index (κ3) is 3.74. The van der Waals surface area contributed by atoms with Crippen molar-refractivity contribution >= 4 is 6.09 Å². The lowest BCUT2D eigenvalue weighted by Crippen LogP contribution is -2.51. The maximum atomic E-state index is 12.4. The van der Waals surface area contributed by atoms with Gasteiger partial charge in [-0.05, 0) is 72.4 Å². The molecule has 0 aliphatic carbocycles. The molecule has 0 aromatic heterocycles. The van der Waals surface area contributed by atoms with Crippen LogP contribution < -0.4 is 5.32 Å². The van der Waals surface area contributed by atoms with Gasteiger partial charge in [0.1, 0.15) is 5.60 Å². The molecule has 0 saturated carbocycles. The molecule has 0 radical (unpaired) electrons. The van der Waals surface area contributed by atoms with Gasteiger partial charge in [0.25, 0.3) is 0 Å². The number of carbonyl (C=O) groups excluding carboxylic acids is 1. The molecule has 3 heterocycles. The molecule has 126 valence electrons. The number of ether oxygens (including phenoxy) is 2. The number of amides is 1. The molecule has 0 spiro atoms. The summed E-state index contributed by atoms with van der Waals surface area (Å²) in [5.74, 6) is 0. The zero-order valence-corrected chi connectivity index (χ0v) is 14.1. The van der Waals surface area contributed by atoms with Crippen LogP contribution in [-0.2, 0) is 9.47 Å². The van der Waals surface area contributed by atoms with Crippen LogP contribution in [0.1, 0.15) is 59.3 Å². The van der Waals surface area contributed by atoms with Crippen molar-refractivity contribution in [3.05, 3.63) is 0 Å². The second kappa shape index (κ2) is 6.36. The fraction of sp³-hybridized carbons (Fsp3) is 0.941. The van der Waals surface area contributed by atoms with Crippen molar-refractivity contribution < 1.29 is 14.3 Å². The molecule has 0 aromatic carbocycles. The Kier molecular flexibility index (Phi) is 4.64. The Labute approximate surface area is 133 Å². The predicted octanol–water partition coefficient (Wildman–Crippen LogP) is 2.69. The van der Waals surface area contributed by atoms with Gasteiger partial charge >= 0.3 is 6.09 Å². The van der Waals surface area contributed by atoms with Crippen molar-refractivity contribution in [2.75, 3.05) is 13.1 Å². The van der Waals surface area contributed by atoms with Crippen LogP contribution in [0, 0.1) is 0 Å². The minimum absolute atomic E-state index is 0.139. The van der Waals surface area contributed by atoms with Gasteiger partial charge in [-0.15, -0.1) is 0 Å². The normalized spacial score (nSPS) is 33.0. The summed E-state index contributed by atoms with van der Waals surface area (Å²) in [5, 5.41) is 3.38. The summed E-state index contributed by atoms with van der Waals surface area (Å²) in [6, 6.07) is 0.612. The number of hydrogen-bond acceptors (Lipinski definition) is 4. The van der Waals surface area contributed by atoms with Gasteiger partial charge in [-0.25, -0.2) is 4.79 Å². The van der Waals surface area contributed by atoms with Gasteiger partial charge in [0, 0.05) is 12.1 Å². The average Bonchev–Trinajstić information content (AvgIpc) is 2.70. The highest BCUT2D eigenvalue weighted by atomic mass is 16.6. The molecule has 1 amide bonds. The lowest BCUT2D eigenvalue weighted by Gasteiger charge is -2.40. The van der Waals surface area contributed by atoms with E-state index in [-0.39, 0.29) is 6.09 Å². The standard InChI is InChI=1S/C17H30N2O3/c1-17(2,3)22-16(20)19-12-4-5-13(19)11-15(10-12)21-14-6-8-18-9-7-14/h12-15,18H,4-11H2,1-3H3. The minimum atomic E-state index is -0.418. The average molecular weight is 310 g/mol. The molecular formula is C17H30N2O3. The number of nitrogens with one attached hydrogen (secondary N) is 1. The molecule has 3 aliphatic rings. The summed E-state index contributed by atoms with van der Waals surface area (Å²) < 4.78 is 11.9. The van der Waals surface area contributed by atoms with Crippen LogP contribution in [0.4, 0.5) is 4.79 Å².